The van der Waals surface area contributed by atoms with E-state index in [1.807, 2.05) is 17.1 Å². The van der Waals surface area contributed by atoms with E-state index in [0.29, 0.717) is 0 Å². The van der Waals surface area contributed by atoms with E-state index in [1.165, 1.54) is 0 Å². The fraction of sp³-hybridized carbons (Fsp3) is 0.667. The summed E-state index contributed by atoms with van der Waals surface area (Å²) < 4.78 is 1.93. The Morgan fingerprint density at radius 3 is 2.75 bits per heavy atom. The standard InChI is InChI=1S/C6H11IO/c1-2-6(8)4-3-5-7/h3,5-6,8H,2,4H2,1H3. The Morgan fingerprint density at radius 2 is 2.38 bits per heavy atom. The van der Waals surface area contributed by atoms with Crippen LogP contribution in [0.2, 0.25) is 0 Å². The summed E-state index contributed by atoms with van der Waals surface area (Å²) >= 11 is 2.15. The Kier molecular flexibility index (Phi) is 5.86. The summed E-state index contributed by atoms with van der Waals surface area (Å²) in [5.41, 5.74) is 0. The lowest BCUT2D eigenvalue weighted by Gasteiger charge is -1.99. The van der Waals surface area contributed by atoms with Crippen molar-refractivity contribution in [2.75, 3.05) is 0 Å². The van der Waals surface area contributed by atoms with Gasteiger partial charge in [0.05, 0.1) is 6.10 Å². The van der Waals surface area contributed by atoms with Crippen LogP contribution in [0.1, 0.15) is 19.8 Å². The molecular weight excluding hydrogens is 215 g/mol. The molecule has 0 spiro atoms. The van der Waals surface area contributed by atoms with Gasteiger partial charge in [-0.3, -0.25) is 0 Å². The van der Waals surface area contributed by atoms with Gasteiger partial charge < -0.3 is 5.11 Å². The number of aliphatic hydroxyl groups is 1. The molecule has 0 aromatic rings. The maximum Gasteiger partial charge on any atom is 0.0572 e. The minimum absolute atomic E-state index is 0.138. The highest BCUT2D eigenvalue weighted by molar-refractivity contribution is 14.1. The number of rotatable bonds is 3. The van der Waals surface area contributed by atoms with Crippen LogP contribution in [0.15, 0.2) is 10.2 Å². The summed E-state index contributed by atoms with van der Waals surface area (Å²) in [6.07, 6.45) is 3.47. The SMILES string of the molecule is CCC(O)CC=CI. The molecule has 2 heteroatoms. The zero-order valence-corrected chi connectivity index (χ0v) is 7.13. The van der Waals surface area contributed by atoms with Crippen molar-refractivity contribution in [2.24, 2.45) is 0 Å². The molecule has 0 fully saturated rings. The maximum atomic E-state index is 8.93. The second-order valence-corrected chi connectivity index (χ2v) is 2.38. The number of halogens is 1. The average Bonchev–Trinajstić information content (AvgIpc) is 1.83. The summed E-state index contributed by atoms with van der Waals surface area (Å²) in [6, 6.07) is 0. The van der Waals surface area contributed by atoms with E-state index >= 15 is 0 Å². The van der Waals surface area contributed by atoms with Gasteiger partial charge in [-0.15, -0.1) is 0 Å². The van der Waals surface area contributed by atoms with Gasteiger partial charge in [-0.2, -0.15) is 0 Å². The minimum Gasteiger partial charge on any atom is -0.393 e. The number of hydrogen-bond acceptors (Lipinski definition) is 1. The van der Waals surface area contributed by atoms with Gasteiger partial charge in [-0.05, 0) is 16.9 Å². The van der Waals surface area contributed by atoms with Crippen LogP contribution in [0.4, 0.5) is 0 Å². The molecule has 8 heavy (non-hydrogen) atoms. The molecule has 0 aliphatic carbocycles. The lowest BCUT2D eigenvalue weighted by Crippen LogP contribution is -2.00. The van der Waals surface area contributed by atoms with Crippen molar-refractivity contribution in [3.8, 4) is 0 Å². The van der Waals surface area contributed by atoms with Gasteiger partial charge >= 0.3 is 0 Å². The zero-order valence-electron chi connectivity index (χ0n) is 4.97. The molecule has 0 saturated carbocycles. The third-order valence-corrected chi connectivity index (χ3v) is 1.48. The van der Waals surface area contributed by atoms with Gasteiger partial charge in [0.15, 0.2) is 0 Å². The van der Waals surface area contributed by atoms with Gasteiger partial charge in [0.2, 0.25) is 0 Å². The fourth-order valence-electron chi connectivity index (χ4n) is 0.375. The Morgan fingerprint density at radius 1 is 1.75 bits per heavy atom. The lowest BCUT2D eigenvalue weighted by atomic mass is 10.2. The maximum absolute atomic E-state index is 8.93. The third-order valence-electron chi connectivity index (χ3n) is 0.968. The highest BCUT2D eigenvalue weighted by Gasteiger charge is 1.93. The largest absolute Gasteiger partial charge is 0.393 e. The second-order valence-electron chi connectivity index (χ2n) is 1.66. The van der Waals surface area contributed by atoms with E-state index in [0.717, 1.165) is 12.8 Å². The molecule has 0 heterocycles. The first-order valence-corrected chi connectivity index (χ1v) is 3.99. The monoisotopic (exact) mass is 226 g/mol. The molecule has 1 atom stereocenters. The smallest absolute Gasteiger partial charge is 0.0572 e. The van der Waals surface area contributed by atoms with Gasteiger partial charge in [-0.25, -0.2) is 0 Å². The topological polar surface area (TPSA) is 20.2 Å². The van der Waals surface area contributed by atoms with Gasteiger partial charge in [0.25, 0.3) is 0 Å². The molecule has 0 amide bonds. The van der Waals surface area contributed by atoms with Crippen LogP contribution in [0.25, 0.3) is 0 Å². The van der Waals surface area contributed by atoms with Crippen molar-refractivity contribution in [1.82, 2.24) is 0 Å². The average molecular weight is 226 g/mol. The Bertz CT molecular complexity index is 70.9. The van der Waals surface area contributed by atoms with Crippen molar-refractivity contribution < 1.29 is 5.11 Å². The zero-order chi connectivity index (χ0) is 6.41. The van der Waals surface area contributed by atoms with Crippen molar-refractivity contribution >= 4 is 22.6 Å². The molecule has 1 unspecified atom stereocenters. The first kappa shape index (κ1) is 8.43. The van der Waals surface area contributed by atoms with E-state index in [1.54, 1.807) is 0 Å². The van der Waals surface area contributed by atoms with Gasteiger partial charge in [0, 0.05) is 0 Å². The summed E-state index contributed by atoms with van der Waals surface area (Å²) in [7, 11) is 0. The van der Waals surface area contributed by atoms with Crippen molar-refractivity contribution in [1.29, 1.82) is 0 Å². The van der Waals surface area contributed by atoms with E-state index < -0.39 is 0 Å². The molecule has 0 aromatic heterocycles. The van der Waals surface area contributed by atoms with Crippen LogP contribution in [-0.4, -0.2) is 11.2 Å². The Hall–Kier alpha value is 0.430. The van der Waals surface area contributed by atoms with E-state index in [2.05, 4.69) is 22.6 Å². The van der Waals surface area contributed by atoms with Crippen molar-refractivity contribution in [3.05, 3.63) is 10.2 Å². The molecule has 0 aromatic carbocycles. The van der Waals surface area contributed by atoms with Crippen LogP contribution in [-0.2, 0) is 0 Å². The molecule has 0 saturated heterocycles. The summed E-state index contributed by atoms with van der Waals surface area (Å²) in [4.78, 5) is 0. The predicted octanol–water partition coefficient (Wildman–Crippen LogP) is 2.10. The molecule has 1 nitrogen and oxygen atoms in total. The van der Waals surface area contributed by atoms with Crippen LogP contribution < -0.4 is 0 Å². The van der Waals surface area contributed by atoms with Gasteiger partial charge in [0.1, 0.15) is 0 Å². The first-order chi connectivity index (χ1) is 3.81. The van der Waals surface area contributed by atoms with Gasteiger partial charge in [-0.1, -0.05) is 35.6 Å². The lowest BCUT2D eigenvalue weighted by molar-refractivity contribution is 0.174. The Labute approximate surface area is 63.9 Å². The number of hydrogen-bond donors (Lipinski definition) is 1. The minimum atomic E-state index is -0.138. The first-order valence-electron chi connectivity index (χ1n) is 2.74. The molecule has 0 bridgehead atoms. The van der Waals surface area contributed by atoms with E-state index in [9.17, 15) is 0 Å². The summed E-state index contributed by atoms with van der Waals surface area (Å²) in [6.45, 7) is 1.98. The summed E-state index contributed by atoms with van der Waals surface area (Å²) in [5.74, 6) is 0. The summed E-state index contributed by atoms with van der Waals surface area (Å²) in [5, 5.41) is 8.93. The van der Waals surface area contributed by atoms with E-state index in [-0.39, 0.29) is 6.10 Å². The predicted molar refractivity (Wildman–Crippen MR) is 44.1 cm³/mol. The normalized spacial score (nSPS) is 14.9. The molecule has 0 rings (SSSR count). The highest BCUT2D eigenvalue weighted by Crippen LogP contribution is 1.98. The van der Waals surface area contributed by atoms with Crippen molar-refractivity contribution in [2.45, 2.75) is 25.9 Å². The molecular formula is C6H11IO. The quantitative estimate of drug-likeness (QED) is 0.730. The number of aliphatic hydroxyl groups excluding tert-OH is 1. The van der Waals surface area contributed by atoms with Crippen LogP contribution >= 0.6 is 22.6 Å². The van der Waals surface area contributed by atoms with Crippen LogP contribution in [0, 0.1) is 0 Å². The third kappa shape index (κ3) is 4.59. The van der Waals surface area contributed by atoms with Crippen LogP contribution in [0.3, 0.4) is 0 Å². The van der Waals surface area contributed by atoms with Crippen molar-refractivity contribution in [3.63, 3.8) is 0 Å². The molecule has 1 N–H and O–H groups in total. The molecule has 0 radical (unpaired) electrons. The molecule has 0 aliphatic heterocycles. The molecule has 48 valence electrons. The second kappa shape index (κ2) is 5.56. The molecule has 0 aliphatic rings. The Balaban J connectivity index is 3.10. The highest BCUT2D eigenvalue weighted by atomic mass is 127. The van der Waals surface area contributed by atoms with E-state index in [4.69, 9.17) is 5.11 Å². The fourth-order valence-corrected chi connectivity index (χ4v) is 0.669. The van der Waals surface area contributed by atoms with Crippen LogP contribution in [0.5, 0.6) is 0 Å².